The van der Waals surface area contributed by atoms with E-state index < -0.39 is 29.4 Å². The van der Waals surface area contributed by atoms with Crippen molar-refractivity contribution in [2.45, 2.75) is 32.1 Å². The summed E-state index contributed by atoms with van der Waals surface area (Å²) in [5.41, 5.74) is 0.116. The zero-order chi connectivity index (χ0) is 19.6. The lowest BCUT2D eigenvalue weighted by molar-refractivity contribution is -0.141. The average Bonchev–Trinajstić information content (AvgIpc) is 3.00. The van der Waals surface area contributed by atoms with Gasteiger partial charge in [-0.3, -0.25) is 14.4 Å². The third-order valence-corrected chi connectivity index (χ3v) is 5.26. The number of amides is 2. The van der Waals surface area contributed by atoms with E-state index in [1.807, 2.05) is 0 Å². The molecule has 1 aromatic carbocycles. The Hall–Kier alpha value is -2.51. The van der Waals surface area contributed by atoms with Gasteiger partial charge in [0.15, 0.2) is 0 Å². The van der Waals surface area contributed by atoms with E-state index in [4.69, 9.17) is 5.11 Å². The fourth-order valence-corrected chi connectivity index (χ4v) is 3.91. The van der Waals surface area contributed by atoms with Gasteiger partial charge in [0.1, 0.15) is 17.6 Å². The minimum Gasteiger partial charge on any atom is -0.481 e. The number of carbonyl (C=O) groups is 3. The van der Waals surface area contributed by atoms with E-state index in [0.29, 0.717) is 25.9 Å². The number of carboxylic acid groups (broad SMARTS) is 1. The lowest BCUT2D eigenvalue weighted by Crippen LogP contribution is -2.45. The molecule has 2 saturated heterocycles. The highest BCUT2D eigenvalue weighted by molar-refractivity contribution is 6.09. The maximum atomic E-state index is 13.4. The van der Waals surface area contributed by atoms with Crippen LogP contribution in [0.1, 0.15) is 32.1 Å². The summed E-state index contributed by atoms with van der Waals surface area (Å²) in [6.07, 6.45) is 2.51. The van der Waals surface area contributed by atoms with Crippen molar-refractivity contribution in [2.75, 3.05) is 24.5 Å². The summed E-state index contributed by atoms with van der Waals surface area (Å²) in [4.78, 5) is 39.1. The minimum absolute atomic E-state index is 0.0635. The SMILES string of the molecule is O=C(O)CCC1CCCN(C(=O)C2CCN(c3cc(F)cc(F)c3)C2=O)C1. The highest BCUT2D eigenvalue weighted by atomic mass is 19.1. The number of rotatable bonds is 5. The van der Waals surface area contributed by atoms with Gasteiger partial charge >= 0.3 is 5.97 Å². The van der Waals surface area contributed by atoms with Crippen LogP contribution in [0.15, 0.2) is 18.2 Å². The molecule has 0 radical (unpaired) electrons. The molecule has 8 heteroatoms. The van der Waals surface area contributed by atoms with Crippen molar-refractivity contribution in [3.8, 4) is 0 Å². The number of halogens is 2. The number of hydrogen-bond acceptors (Lipinski definition) is 3. The van der Waals surface area contributed by atoms with Crippen LogP contribution in [0.3, 0.4) is 0 Å². The predicted molar refractivity (Wildman–Crippen MR) is 93.0 cm³/mol. The van der Waals surface area contributed by atoms with Crippen LogP contribution in [0, 0.1) is 23.5 Å². The number of hydrogen-bond donors (Lipinski definition) is 1. The van der Waals surface area contributed by atoms with Gasteiger partial charge in [0.05, 0.1) is 0 Å². The number of likely N-dealkylation sites (tertiary alicyclic amines) is 1. The zero-order valence-electron chi connectivity index (χ0n) is 14.9. The first-order valence-corrected chi connectivity index (χ1v) is 9.13. The van der Waals surface area contributed by atoms with Crippen LogP contribution in [0.2, 0.25) is 0 Å². The first-order valence-electron chi connectivity index (χ1n) is 9.13. The summed E-state index contributed by atoms with van der Waals surface area (Å²) in [7, 11) is 0. The van der Waals surface area contributed by atoms with E-state index >= 15 is 0 Å². The Labute approximate surface area is 155 Å². The van der Waals surface area contributed by atoms with Gasteiger partial charge in [0.25, 0.3) is 0 Å². The molecule has 0 aromatic heterocycles. The van der Waals surface area contributed by atoms with Crippen molar-refractivity contribution in [1.82, 2.24) is 4.90 Å². The third kappa shape index (κ3) is 4.43. The molecule has 2 aliphatic heterocycles. The van der Waals surface area contributed by atoms with Crippen LogP contribution >= 0.6 is 0 Å². The number of carboxylic acids is 1. The largest absolute Gasteiger partial charge is 0.481 e. The van der Waals surface area contributed by atoms with Crippen LogP contribution in [0.5, 0.6) is 0 Å². The molecule has 27 heavy (non-hydrogen) atoms. The van der Waals surface area contributed by atoms with Gasteiger partial charge in [-0.2, -0.15) is 0 Å². The molecule has 3 rings (SSSR count). The average molecular weight is 380 g/mol. The molecule has 0 aliphatic carbocycles. The summed E-state index contributed by atoms with van der Waals surface area (Å²) in [5.74, 6) is -3.87. The van der Waals surface area contributed by atoms with Gasteiger partial charge in [0.2, 0.25) is 11.8 Å². The fraction of sp³-hybridized carbons (Fsp3) is 0.526. The number of aliphatic carboxylic acids is 1. The molecule has 2 unspecified atom stereocenters. The van der Waals surface area contributed by atoms with Crippen LogP contribution < -0.4 is 4.90 Å². The van der Waals surface area contributed by atoms with E-state index in [9.17, 15) is 23.2 Å². The second kappa shape index (κ2) is 8.02. The number of benzene rings is 1. The standard InChI is InChI=1S/C19H22F2N2O4/c20-13-8-14(21)10-15(9-13)23-7-5-16(19(23)27)18(26)22-6-1-2-12(11-22)3-4-17(24)25/h8-10,12,16H,1-7,11H2,(H,24,25). The number of anilines is 1. The van der Waals surface area contributed by atoms with Gasteiger partial charge in [-0.05, 0) is 43.7 Å². The quantitative estimate of drug-likeness (QED) is 0.796. The molecule has 146 valence electrons. The molecule has 0 saturated carbocycles. The molecule has 2 atom stereocenters. The van der Waals surface area contributed by atoms with E-state index in [1.165, 1.54) is 4.90 Å². The smallest absolute Gasteiger partial charge is 0.303 e. The van der Waals surface area contributed by atoms with Gasteiger partial charge in [-0.15, -0.1) is 0 Å². The van der Waals surface area contributed by atoms with Gasteiger partial charge in [-0.1, -0.05) is 0 Å². The minimum atomic E-state index is -0.859. The summed E-state index contributed by atoms with van der Waals surface area (Å²) in [5, 5.41) is 8.82. The van der Waals surface area contributed by atoms with Gasteiger partial charge in [-0.25, -0.2) is 8.78 Å². The molecule has 2 fully saturated rings. The van der Waals surface area contributed by atoms with Crippen LogP contribution in [-0.4, -0.2) is 47.4 Å². The number of carbonyl (C=O) groups excluding carboxylic acids is 2. The normalized spacial score (nSPS) is 23.0. The molecular weight excluding hydrogens is 358 g/mol. The van der Waals surface area contributed by atoms with E-state index in [2.05, 4.69) is 0 Å². The molecule has 1 aromatic rings. The van der Waals surface area contributed by atoms with Crippen LogP contribution in [0.25, 0.3) is 0 Å². The van der Waals surface area contributed by atoms with Crippen molar-refractivity contribution in [3.05, 3.63) is 29.8 Å². The van der Waals surface area contributed by atoms with Crippen LogP contribution in [0.4, 0.5) is 14.5 Å². The Morgan fingerprint density at radius 1 is 1.11 bits per heavy atom. The summed E-state index contributed by atoms with van der Waals surface area (Å²) in [6.45, 7) is 1.22. The number of nitrogens with zero attached hydrogens (tertiary/aromatic N) is 2. The summed E-state index contributed by atoms with van der Waals surface area (Å²) < 4.78 is 26.9. The summed E-state index contributed by atoms with van der Waals surface area (Å²) in [6, 6.07) is 2.89. The first kappa shape index (κ1) is 19.3. The number of piperidine rings is 1. The van der Waals surface area contributed by atoms with Crippen molar-refractivity contribution in [3.63, 3.8) is 0 Å². The highest BCUT2D eigenvalue weighted by Crippen LogP contribution is 2.29. The Bertz CT molecular complexity index is 735. The third-order valence-electron chi connectivity index (χ3n) is 5.26. The Morgan fingerprint density at radius 2 is 1.81 bits per heavy atom. The van der Waals surface area contributed by atoms with Gasteiger partial charge < -0.3 is 14.9 Å². The van der Waals surface area contributed by atoms with E-state index in [1.54, 1.807) is 4.90 Å². The van der Waals surface area contributed by atoms with Crippen LogP contribution in [-0.2, 0) is 14.4 Å². The Morgan fingerprint density at radius 3 is 2.48 bits per heavy atom. The molecule has 6 nitrogen and oxygen atoms in total. The maximum absolute atomic E-state index is 13.4. The Kier molecular flexibility index (Phi) is 5.72. The van der Waals surface area contributed by atoms with Crippen molar-refractivity contribution in [2.24, 2.45) is 11.8 Å². The highest BCUT2D eigenvalue weighted by Gasteiger charge is 2.40. The zero-order valence-corrected chi connectivity index (χ0v) is 14.9. The monoisotopic (exact) mass is 380 g/mol. The van der Waals surface area contributed by atoms with Crippen molar-refractivity contribution >= 4 is 23.5 Å². The van der Waals surface area contributed by atoms with E-state index in [0.717, 1.165) is 31.0 Å². The topological polar surface area (TPSA) is 77.9 Å². The lowest BCUT2D eigenvalue weighted by atomic mass is 9.92. The molecule has 2 aliphatic rings. The lowest BCUT2D eigenvalue weighted by Gasteiger charge is -2.34. The van der Waals surface area contributed by atoms with Crippen molar-refractivity contribution in [1.29, 1.82) is 0 Å². The van der Waals surface area contributed by atoms with Gasteiger partial charge in [0, 0.05) is 37.8 Å². The molecule has 2 heterocycles. The predicted octanol–water partition coefficient (Wildman–Crippen LogP) is 2.42. The molecule has 2 amide bonds. The molecule has 0 bridgehead atoms. The second-order valence-electron chi connectivity index (χ2n) is 7.18. The summed E-state index contributed by atoms with van der Waals surface area (Å²) >= 11 is 0. The maximum Gasteiger partial charge on any atom is 0.303 e. The molecule has 0 spiro atoms. The molecular formula is C19H22F2N2O4. The second-order valence-corrected chi connectivity index (χ2v) is 7.18. The Balaban J connectivity index is 1.65. The fourth-order valence-electron chi connectivity index (χ4n) is 3.91. The first-order chi connectivity index (χ1) is 12.8. The molecule has 1 N–H and O–H groups in total. The van der Waals surface area contributed by atoms with Crippen molar-refractivity contribution < 1.29 is 28.3 Å². The van der Waals surface area contributed by atoms with E-state index in [-0.39, 0.29) is 30.5 Å².